The van der Waals surface area contributed by atoms with Crippen molar-refractivity contribution in [3.05, 3.63) is 150 Å². The van der Waals surface area contributed by atoms with E-state index in [0.29, 0.717) is 0 Å². The standard InChI is InChI=1S/C33H23O2/c1-3-13-25(14-4-1)32-22-24(23-33(35-32)26-15-5-2-6-16-26)12-11-19-27-28-17-7-9-20-30(28)34-31-21-10-8-18-29(27)31/h1-23H/q+1. The maximum atomic E-state index is 6.31. The molecule has 1 aliphatic rings. The number of para-hydroxylation sites is 2. The van der Waals surface area contributed by atoms with Gasteiger partial charge in [-0.1, -0.05) is 91.0 Å². The van der Waals surface area contributed by atoms with Gasteiger partial charge in [0.05, 0.1) is 23.3 Å². The van der Waals surface area contributed by atoms with Crippen molar-refractivity contribution >= 4 is 11.6 Å². The van der Waals surface area contributed by atoms with Gasteiger partial charge in [-0.15, -0.1) is 0 Å². The summed E-state index contributed by atoms with van der Waals surface area (Å²) in [6, 6.07) is 40.9. The Bertz CT molecular complexity index is 1440. The number of ether oxygens (including phenoxy) is 1. The Kier molecular flexibility index (Phi) is 5.54. The summed E-state index contributed by atoms with van der Waals surface area (Å²) in [7, 11) is 0. The summed E-state index contributed by atoms with van der Waals surface area (Å²) >= 11 is 0. The Morgan fingerprint density at radius 2 is 1.03 bits per heavy atom. The lowest BCUT2D eigenvalue weighted by Crippen LogP contribution is -2.01. The number of allylic oxidation sites excluding steroid dienone is 2. The zero-order valence-electron chi connectivity index (χ0n) is 19.1. The second kappa shape index (κ2) is 9.28. The molecule has 0 saturated heterocycles. The average Bonchev–Trinajstić information content (AvgIpc) is 2.93. The Balaban J connectivity index is 1.43. The van der Waals surface area contributed by atoms with Crippen LogP contribution in [0.2, 0.25) is 0 Å². The van der Waals surface area contributed by atoms with Gasteiger partial charge in [-0.2, -0.15) is 0 Å². The van der Waals surface area contributed by atoms with Crippen molar-refractivity contribution < 1.29 is 9.15 Å². The van der Waals surface area contributed by atoms with Crippen LogP contribution in [0, 0.1) is 0 Å². The molecule has 0 atom stereocenters. The van der Waals surface area contributed by atoms with Crippen molar-refractivity contribution in [1.82, 2.24) is 0 Å². The first-order valence-corrected chi connectivity index (χ1v) is 11.7. The Labute approximate surface area is 205 Å². The smallest absolute Gasteiger partial charge is 0.361 e. The molecule has 1 aliphatic heterocycles. The molecule has 6 rings (SSSR count). The van der Waals surface area contributed by atoms with Crippen LogP contribution in [0.15, 0.2) is 138 Å². The molecule has 2 heterocycles. The minimum atomic E-state index is 0.834. The molecule has 0 amide bonds. The summed E-state index contributed by atoms with van der Waals surface area (Å²) in [5.41, 5.74) is 6.49. The number of rotatable bonds is 4. The van der Waals surface area contributed by atoms with Crippen LogP contribution < -0.4 is 4.74 Å². The number of hydrogen-bond acceptors (Lipinski definition) is 1. The minimum absolute atomic E-state index is 0.834. The van der Waals surface area contributed by atoms with Gasteiger partial charge in [0.25, 0.3) is 0 Å². The van der Waals surface area contributed by atoms with Gasteiger partial charge >= 0.3 is 11.5 Å². The molecule has 0 bridgehead atoms. The van der Waals surface area contributed by atoms with Crippen molar-refractivity contribution in [1.29, 1.82) is 0 Å². The van der Waals surface area contributed by atoms with Crippen LogP contribution >= 0.6 is 0 Å². The minimum Gasteiger partial charge on any atom is -0.456 e. The molecule has 0 unspecified atom stereocenters. The quantitative estimate of drug-likeness (QED) is 0.249. The highest BCUT2D eigenvalue weighted by Gasteiger charge is 2.21. The van der Waals surface area contributed by atoms with Crippen LogP contribution in [0.4, 0.5) is 0 Å². The molecular formula is C33H23O2+. The molecule has 0 radical (unpaired) electrons. The maximum absolute atomic E-state index is 6.31. The predicted octanol–water partition coefficient (Wildman–Crippen LogP) is 9.15. The van der Waals surface area contributed by atoms with Gasteiger partial charge in [0.1, 0.15) is 11.5 Å². The lowest BCUT2D eigenvalue weighted by atomic mass is 9.93. The van der Waals surface area contributed by atoms with Crippen LogP contribution in [0.25, 0.3) is 34.3 Å². The fourth-order valence-electron chi connectivity index (χ4n) is 4.36. The summed E-state index contributed by atoms with van der Waals surface area (Å²) in [6.45, 7) is 0. The van der Waals surface area contributed by atoms with Gasteiger partial charge in [-0.25, -0.2) is 4.42 Å². The zero-order chi connectivity index (χ0) is 23.5. The van der Waals surface area contributed by atoms with E-state index in [1.807, 2.05) is 72.8 Å². The third-order valence-corrected chi connectivity index (χ3v) is 6.06. The third kappa shape index (κ3) is 4.30. The second-order valence-electron chi connectivity index (χ2n) is 8.39. The fourth-order valence-corrected chi connectivity index (χ4v) is 4.36. The molecule has 0 aliphatic carbocycles. The van der Waals surface area contributed by atoms with Crippen LogP contribution in [-0.2, 0) is 0 Å². The average molecular weight is 452 g/mol. The predicted molar refractivity (Wildman–Crippen MR) is 143 cm³/mol. The first-order valence-electron chi connectivity index (χ1n) is 11.7. The lowest BCUT2D eigenvalue weighted by Gasteiger charge is -2.22. The van der Waals surface area contributed by atoms with E-state index < -0.39 is 0 Å². The Hall–Kier alpha value is -4.69. The second-order valence-corrected chi connectivity index (χ2v) is 8.39. The van der Waals surface area contributed by atoms with Crippen molar-refractivity contribution in [2.24, 2.45) is 0 Å². The molecule has 0 fully saturated rings. The highest BCUT2D eigenvalue weighted by atomic mass is 16.5. The Morgan fingerprint density at radius 1 is 0.543 bits per heavy atom. The normalized spacial score (nSPS) is 12.1. The summed E-state index contributed by atoms with van der Waals surface area (Å²) < 4.78 is 12.4. The monoisotopic (exact) mass is 451 g/mol. The molecule has 2 heteroatoms. The first-order chi connectivity index (χ1) is 17.3. The van der Waals surface area contributed by atoms with E-state index in [1.165, 1.54) is 0 Å². The maximum Gasteiger partial charge on any atom is 0.361 e. The topological polar surface area (TPSA) is 20.5 Å². The zero-order valence-corrected chi connectivity index (χ0v) is 19.1. The van der Waals surface area contributed by atoms with Crippen molar-refractivity contribution in [2.75, 3.05) is 0 Å². The molecule has 0 N–H and O–H groups in total. The van der Waals surface area contributed by atoms with Crippen molar-refractivity contribution in [2.45, 2.75) is 0 Å². The molecule has 166 valence electrons. The molecular weight excluding hydrogens is 428 g/mol. The van der Waals surface area contributed by atoms with Gasteiger partial charge in [0, 0.05) is 11.1 Å². The van der Waals surface area contributed by atoms with Crippen LogP contribution in [-0.4, -0.2) is 0 Å². The molecule has 2 nitrogen and oxygen atoms in total. The van der Waals surface area contributed by atoms with Gasteiger partial charge in [-0.3, -0.25) is 0 Å². The van der Waals surface area contributed by atoms with Gasteiger partial charge in [0.15, 0.2) is 0 Å². The van der Waals surface area contributed by atoms with E-state index in [0.717, 1.165) is 56.4 Å². The SMILES string of the molecule is C(/C=C/c1cc(-c2ccccc2)[o+]c(-c2ccccc2)c1)=C1c2ccccc2Oc2ccccc21. The third-order valence-electron chi connectivity index (χ3n) is 6.06. The summed E-state index contributed by atoms with van der Waals surface area (Å²) in [5.74, 6) is 3.42. The highest BCUT2D eigenvalue weighted by Crippen LogP contribution is 2.43. The van der Waals surface area contributed by atoms with Crippen LogP contribution in [0.3, 0.4) is 0 Å². The lowest BCUT2D eigenvalue weighted by molar-refractivity contribution is 0.474. The van der Waals surface area contributed by atoms with Gasteiger partial charge in [0.2, 0.25) is 0 Å². The van der Waals surface area contributed by atoms with Crippen LogP contribution in [0.5, 0.6) is 11.5 Å². The number of benzene rings is 4. The molecule has 0 saturated carbocycles. The number of fused-ring (bicyclic) bond motifs is 2. The van der Waals surface area contributed by atoms with Crippen LogP contribution in [0.1, 0.15) is 16.7 Å². The highest BCUT2D eigenvalue weighted by molar-refractivity contribution is 5.89. The largest absolute Gasteiger partial charge is 0.456 e. The van der Waals surface area contributed by atoms with E-state index in [4.69, 9.17) is 9.15 Å². The molecule has 0 spiro atoms. The summed E-state index contributed by atoms with van der Waals surface area (Å²) in [4.78, 5) is 0. The van der Waals surface area contributed by atoms with E-state index in [9.17, 15) is 0 Å². The van der Waals surface area contributed by atoms with Gasteiger partial charge in [-0.05, 0) is 47.5 Å². The first kappa shape index (κ1) is 20.9. The van der Waals surface area contributed by atoms with Crippen molar-refractivity contribution in [3.63, 3.8) is 0 Å². The van der Waals surface area contributed by atoms with E-state index in [2.05, 4.69) is 66.8 Å². The molecule has 5 aromatic rings. The molecule has 35 heavy (non-hydrogen) atoms. The van der Waals surface area contributed by atoms with Crippen molar-refractivity contribution in [3.8, 4) is 34.1 Å². The fraction of sp³-hybridized carbons (Fsp3) is 0. The van der Waals surface area contributed by atoms with E-state index >= 15 is 0 Å². The van der Waals surface area contributed by atoms with E-state index in [1.54, 1.807) is 0 Å². The molecule has 4 aromatic carbocycles. The summed E-state index contributed by atoms with van der Waals surface area (Å²) in [5, 5.41) is 0. The Morgan fingerprint density at radius 3 is 1.57 bits per heavy atom. The summed E-state index contributed by atoms with van der Waals surface area (Å²) in [6.07, 6.45) is 6.39. The van der Waals surface area contributed by atoms with E-state index in [-0.39, 0.29) is 0 Å². The number of hydrogen-bond donors (Lipinski definition) is 0. The van der Waals surface area contributed by atoms with Gasteiger partial charge < -0.3 is 4.74 Å². The molecule has 1 aromatic heterocycles.